The van der Waals surface area contributed by atoms with Crippen LogP contribution in [-0.4, -0.2) is 80.3 Å². The van der Waals surface area contributed by atoms with Gasteiger partial charge in [0.15, 0.2) is 0 Å². The first-order chi connectivity index (χ1) is 14.4. The number of para-hydroxylation sites is 1. The average Bonchev–Trinajstić information content (AvgIpc) is 2.78. The van der Waals surface area contributed by atoms with Gasteiger partial charge in [0.25, 0.3) is 5.91 Å². The fourth-order valence-electron chi connectivity index (χ4n) is 3.98. The molecule has 1 fully saturated rings. The number of carbonyl (C=O) groups excluding carboxylic acids is 2. The number of rotatable bonds is 1. The first kappa shape index (κ1) is 22.1. The number of benzene rings is 1. The summed E-state index contributed by atoms with van der Waals surface area (Å²) >= 11 is 0. The molecule has 8 nitrogen and oxygen atoms in total. The fraction of sp³-hybridized carbons (Fsp3) is 0.591. The van der Waals surface area contributed by atoms with Crippen molar-refractivity contribution in [3.8, 4) is 11.8 Å². The highest BCUT2D eigenvalue weighted by Crippen LogP contribution is 2.29. The standard InChI is InChI=1S/C22H29N3O5/c1-14-21(26)24(2)11-10-16-8-9-18(28-4)19(30-16)13-29-20-15(12-23)6-5-7-17(20)22(27)25(14)3/h5-7,14,16,18-19H,8-11,13H2,1-4H3/t14-,16-,18-,19+/m1/s1. The minimum atomic E-state index is -0.651. The first-order valence-electron chi connectivity index (χ1n) is 10.2. The summed E-state index contributed by atoms with van der Waals surface area (Å²) < 4.78 is 17.8. The first-order valence-corrected chi connectivity index (χ1v) is 10.2. The molecule has 162 valence electrons. The van der Waals surface area contributed by atoms with Gasteiger partial charge in [0, 0.05) is 27.7 Å². The summed E-state index contributed by atoms with van der Waals surface area (Å²) in [5, 5.41) is 9.55. The van der Waals surface area contributed by atoms with E-state index in [9.17, 15) is 14.9 Å². The topological polar surface area (TPSA) is 92.1 Å². The number of hydrogen-bond donors (Lipinski definition) is 0. The Balaban J connectivity index is 2.00. The van der Waals surface area contributed by atoms with Crippen LogP contribution < -0.4 is 4.74 Å². The van der Waals surface area contributed by atoms with E-state index in [-0.39, 0.29) is 53.6 Å². The third-order valence-electron chi connectivity index (χ3n) is 6.04. The molecule has 4 atom stereocenters. The number of amides is 2. The lowest BCUT2D eigenvalue weighted by molar-refractivity contribution is -0.146. The molecule has 2 aliphatic heterocycles. The van der Waals surface area contributed by atoms with Crippen LogP contribution in [0, 0.1) is 11.3 Å². The molecule has 1 aromatic rings. The summed E-state index contributed by atoms with van der Waals surface area (Å²) in [6.07, 6.45) is 1.87. The predicted octanol–water partition coefficient (Wildman–Crippen LogP) is 1.82. The Morgan fingerprint density at radius 3 is 2.67 bits per heavy atom. The molecule has 0 aromatic heterocycles. The average molecular weight is 415 g/mol. The summed E-state index contributed by atoms with van der Waals surface area (Å²) in [4.78, 5) is 29.1. The van der Waals surface area contributed by atoms with Crippen LogP contribution in [0.3, 0.4) is 0 Å². The van der Waals surface area contributed by atoms with Gasteiger partial charge in [0.2, 0.25) is 5.91 Å². The molecule has 0 aliphatic carbocycles. The highest BCUT2D eigenvalue weighted by atomic mass is 16.6. The van der Waals surface area contributed by atoms with Crippen molar-refractivity contribution in [1.82, 2.24) is 9.80 Å². The largest absolute Gasteiger partial charge is 0.489 e. The van der Waals surface area contributed by atoms with Gasteiger partial charge in [-0.3, -0.25) is 9.59 Å². The van der Waals surface area contributed by atoms with Crippen LogP contribution in [0.5, 0.6) is 5.75 Å². The summed E-state index contributed by atoms with van der Waals surface area (Å²) in [6.45, 7) is 2.41. The van der Waals surface area contributed by atoms with Crippen LogP contribution in [0.2, 0.25) is 0 Å². The maximum Gasteiger partial charge on any atom is 0.258 e. The lowest BCUT2D eigenvalue weighted by Gasteiger charge is -2.37. The third-order valence-corrected chi connectivity index (χ3v) is 6.04. The molecule has 2 amide bonds. The molecule has 0 unspecified atom stereocenters. The molecule has 30 heavy (non-hydrogen) atoms. The summed E-state index contributed by atoms with van der Waals surface area (Å²) in [5.74, 6) is -0.314. The highest BCUT2D eigenvalue weighted by molar-refractivity contribution is 6.00. The molecule has 0 radical (unpaired) electrons. The van der Waals surface area contributed by atoms with Crippen LogP contribution in [-0.2, 0) is 14.3 Å². The molecule has 2 bridgehead atoms. The second-order valence-corrected chi connectivity index (χ2v) is 7.89. The monoisotopic (exact) mass is 415 g/mol. The van der Waals surface area contributed by atoms with Crippen molar-refractivity contribution in [2.45, 2.75) is 50.5 Å². The van der Waals surface area contributed by atoms with E-state index in [1.165, 1.54) is 4.90 Å². The lowest BCUT2D eigenvalue weighted by atomic mass is 9.99. The molecule has 0 saturated carbocycles. The van der Waals surface area contributed by atoms with Crippen LogP contribution in [0.15, 0.2) is 18.2 Å². The van der Waals surface area contributed by atoms with Gasteiger partial charge >= 0.3 is 0 Å². The summed E-state index contributed by atoms with van der Waals surface area (Å²) in [7, 11) is 4.97. The number of likely N-dealkylation sites (N-methyl/N-ethyl adjacent to an activating group) is 2. The molecule has 1 aromatic carbocycles. The van der Waals surface area contributed by atoms with Crippen molar-refractivity contribution in [2.24, 2.45) is 0 Å². The number of carbonyl (C=O) groups is 2. The van der Waals surface area contributed by atoms with E-state index in [1.54, 1.807) is 51.2 Å². The van der Waals surface area contributed by atoms with Crippen LogP contribution >= 0.6 is 0 Å². The molecular weight excluding hydrogens is 386 g/mol. The number of methoxy groups -OCH3 is 1. The molecule has 2 aliphatic rings. The molecular formula is C22H29N3O5. The Labute approximate surface area is 177 Å². The van der Waals surface area contributed by atoms with Crippen molar-refractivity contribution in [2.75, 3.05) is 34.4 Å². The molecule has 0 N–H and O–H groups in total. The zero-order chi connectivity index (χ0) is 21.8. The zero-order valence-electron chi connectivity index (χ0n) is 18.0. The summed E-state index contributed by atoms with van der Waals surface area (Å²) in [5.41, 5.74) is 0.510. The van der Waals surface area contributed by atoms with Gasteiger partial charge in [0.05, 0.1) is 23.3 Å². The zero-order valence-corrected chi connectivity index (χ0v) is 18.0. The van der Waals surface area contributed by atoms with E-state index in [0.29, 0.717) is 13.0 Å². The van der Waals surface area contributed by atoms with E-state index in [0.717, 1.165) is 12.8 Å². The van der Waals surface area contributed by atoms with E-state index >= 15 is 0 Å². The minimum absolute atomic E-state index is 0.0106. The van der Waals surface area contributed by atoms with Crippen LogP contribution in [0.1, 0.15) is 42.1 Å². The number of nitrogens with zero attached hydrogens (tertiary/aromatic N) is 3. The molecule has 0 spiro atoms. The van der Waals surface area contributed by atoms with E-state index in [4.69, 9.17) is 14.2 Å². The van der Waals surface area contributed by atoms with Gasteiger partial charge in [-0.1, -0.05) is 6.07 Å². The second-order valence-electron chi connectivity index (χ2n) is 7.89. The SMILES string of the molecule is CO[C@@H]1CC[C@@H]2CCN(C)C(=O)[C@@H](C)N(C)C(=O)c3cccc(C#N)c3OC[C@@H]1O2. The van der Waals surface area contributed by atoms with Crippen molar-refractivity contribution < 1.29 is 23.8 Å². The molecule has 1 saturated heterocycles. The van der Waals surface area contributed by atoms with Gasteiger partial charge in [-0.15, -0.1) is 0 Å². The quantitative estimate of drug-likeness (QED) is 0.695. The Morgan fingerprint density at radius 1 is 1.20 bits per heavy atom. The van der Waals surface area contributed by atoms with Crippen LogP contribution in [0.4, 0.5) is 0 Å². The minimum Gasteiger partial charge on any atom is -0.489 e. The smallest absolute Gasteiger partial charge is 0.258 e. The van der Waals surface area contributed by atoms with Gasteiger partial charge in [-0.25, -0.2) is 0 Å². The van der Waals surface area contributed by atoms with Crippen molar-refractivity contribution >= 4 is 11.8 Å². The lowest BCUT2D eigenvalue weighted by Crippen LogP contribution is -2.48. The number of ether oxygens (including phenoxy) is 3. The Hall–Kier alpha value is -2.63. The van der Waals surface area contributed by atoms with Crippen molar-refractivity contribution in [3.05, 3.63) is 29.3 Å². The van der Waals surface area contributed by atoms with Gasteiger partial charge in [-0.05, 0) is 38.3 Å². The Kier molecular flexibility index (Phi) is 6.95. The van der Waals surface area contributed by atoms with Gasteiger partial charge < -0.3 is 24.0 Å². The number of fused-ring (bicyclic) bond motifs is 3. The molecule has 3 rings (SSSR count). The number of nitriles is 1. The Bertz CT molecular complexity index is 837. The van der Waals surface area contributed by atoms with Crippen LogP contribution in [0.25, 0.3) is 0 Å². The van der Waals surface area contributed by atoms with Gasteiger partial charge in [-0.2, -0.15) is 5.26 Å². The van der Waals surface area contributed by atoms with E-state index in [1.807, 2.05) is 0 Å². The van der Waals surface area contributed by atoms with E-state index in [2.05, 4.69) is 6.07 Å². The third kappa shape index (κ3) is 4.42. The number of hydrogen-bond acceptors (Lipinski definition) is 6. The maximum atomic E-state index is 13.2. The van der Waals surface area contributed by atoms with E-state index < -0.39 is 6.04 Å². The maximum absolute atomic E-state index is 13.2. The molecule has 8 heteroatoms. The molecule has 2 heterocycles. The van der Waals surface area contributed by atoms with Crippen molar-refractivity contribution in [3.63, 3.8) is 0 Å². The second kappa shape index (κ2) is 9.45. The van der Waals surface area contributed by atoms with Gasteiger partial charge in [0.1, 0.15) is 30.6 Å². The van der Waals surface area contributed by atoms with Crippen molar-refractivity contribution in [1.29, 1.82) is 5.26 Å². The highest BCUT2D eigenvalue weighted by Gasteiger charge is 2.34. The summed E-state index contributed by atoms with van der Waals surface area (Å²) in [6, 6.07) is 6.30. The fourth-order valence-corrected chi connectivity index (χ4v) is 3.98. The predicted molar refractivity (Wildman–Crippen MR) is 109 cm³/mol. The Morgan fingerprint density at radius 2 is 1.97 bits per heavy atom. The normalized spacial score (nSPS) is 28.2.